The summed E-state index contributed by atoms with van der Waals surface area (Å²) in [5, 5.41) is 0. The zero-order valence-electron chi connectivity index (χ0n) is 10.3. The second-order valence-electron chi connectivity index (χ2n) is 4.64. The van der Waals surface area contributed by atoms with Crippen LogP contribution in [0.4, 0.5) is 10.1 Å². The summed E-state index contributed by atoms with van der Waals surface area (Å²) in [7, 11) is 2.13. The zero-order valence-corrected chi connectivity index (χ0v) is 10.3. The molecule has 2 N–H and O–H groups in total. The van der Waals surface area contributed by atoms with Crippen LogP contribution < -0.4 is 10.6 Å². The molecule has 3 nitrogen and oxygen atoms in total. The number of benzene rings is 1. The average Bonchev–Trinajstić information content (AvgIpc) is 2.32. The minimum Gasteiger partial charge on any atom is -0.369 e. The molecule has 2 rings (SSSR count). The number of hydrogen-bond acceptors (Lipinski definition) is 3. The molecule has 4 heteroatoms. The van der Waals surface area contributed by atoms with Crippen LogP contribution in [0.25, 0.3) is 0 Å². The number of rotatable bonds is 3. The minimum absolute atomic E-state index is 0.170. The van der Waals surface area contributed by atoms with Crippen LogP contribution in [0.5, 0.6) is 0 Å². The van der Waals surface area contributed by atoms with Crippen molar-refractivity contribution in [1.29, 1.82) is 0 Å². The molecule has 1 aliphatic rings. The fourth-order valence-electron chi connectivity index (χ4n) is 2.36. The highest BCUT2D eigenvalue weighted by molar-refractivity contribution is 5.47. The number of likely N-dealkylation sites (N-methyl/N-ethyl adjacent to an activating group) is 1. The van der Waals surface area contributed by atoms with E-state index >= 15 is 0 Å². The first-order valence-corrected chi connectivity index (χ1v) is 6.11. The Morgan fingerprint density at radius 1 is 1.41 bits per heavy atom. The summed E-state index contributed by atoms with van der Waals surface area (Å²) in [6, 6.07) is 7.29. The molecular weight excluding hydrogens is 217 g/mol. The predicted octanol–water partition coefficient (Wildman–Crippen LogP) is 1.29. The lowest BCUT2D eigenvalue weighted by Gasteiger charge is -2.40. The van der Waals surface area contributed by atoms with Crippen LogP contribution in [0, 0.1) is 5.82 Å². The standard InChI is InChI=1S/C13H20FN3/c1-16-7-8-17(10-13(16)5-6-15)12-4-2-3-11(14)9-12/h2-4,9,13H,5-8,10,15H2,1H3. The fraction of sp³-hybridized carbons (Fsp3) is 0.538. The lowest BCUT2D eigenvalue weighted by molar-refractivity contribution is 0.210. The first kappa shape index (κ1) is 12.3. The maximum atomic E-state index is 13.2. The molecule has 0 bridgehead atoms. The number of nitrogens with zero attached hydrogens (tertiary/aromatic N) is 2. The smallest absolute Gasteiger partial charge is 0.125 e. The topological polar surface area (TPSA) is 32.5 Å². The van der Waals surface area contributed by atoms with Gasteiger partial charge in [-0.05, 0) is 38.2 Å². The van der Waals surface area contributed by atoms with Gasteiger partial charge in [0.25, 0.3) is 0 Å². The van der Waals surface area contributed by atoms with Gasteiger partial charge in [-0.25, -0.2) is 4.39 Å². The second-order valence-corrected chi connectivity index (χ2v) is 4.64. The van der Waals surface area contributed by atoms with Gasteiger partial charge in [0.2, 0.25) is 0 Å². The summed E-state index contributed by atoms with van der Waals surface area (Å²) in [5.41, 5.74) is 6.60. The van der Waals surface area contributed by atoms with Gasteiger partial charge in [0, 0.05) is 31.4 Å². The number of hydrogen-bond donors (Lipinski definition) is 1. The van der Waals surface area contributed by atoms with Gasteiger partial charge < -0.3 is 10.6 Å². The van der Waals surface area contributed by atoms with E-state index in [-0.39, 0.29) is 5.82 Å². The Morgan fingerprint density at radius 3 is 2.94 bits per heavy atom. The van der Waals surface area contributed by atoms with E-state index < -0.39 is 0 Å². The Kier molecular flexibility index (Phi) is 3.97. The molecule has 0 saturated carbocycles. The quantitative estimate of drug-likeness (QED) is 0.860. The molecule has 1 aromatic rings. The van der Waals surface area contributed by atoms with Crippen LogP contribution in [0.2, 0.25) is 0 Å². The number of halogens is 1. The van der Waals surface area contributed by atoms with Crippen molar-refractivity contribution in [3.63, 3.8) is 0 Å². The van der Waals surface area contributed by atoms with Crippen LogP contribution in [0.3, 0.4) is 0 Å². The summed E-state index contributed by atoms with van der Waals surface area (Å²) in [5.74, 6) is -0.170. The third-order valence-electron chi connectivity index (χ3n) is 3.45. The highest BCUT2D eigenvalue weighted by Gasteiger charge is 2.23. The van der Waals surface area contributed by atoms with Crippen molar-refractivity contribution >= 4 is 5.69 Å². The van der Waals surface area contributed by atoms with Gasteiger partial charge in [-0.2, -0.15) is 0 Å². The molecule has 0 spiro atoms. The summed E-state index contributed by atoms with van der Waals surface area (Å²) in [6.45, 7) is 3.57. The highest BCUT2D eigenvalue weighted by atomic mass is 19.1. The van der Waals surface area contributed by atoms with Crippen molar-refractivity contribution in [2.45, 2.75) is 12.5 Å². The molecule has 94 valence electrons. The first-order valence-electron chi connectivity index (χ1n) is 6.11. The normalized spacial score (nSPS) is 21.8. The Balaban J connectivity index is 2.07. The summed E-state index contributed by atoms with van der Waals surface area (Å²) in [4.78, 5) is 4.58. The van der Waals surface area contributed by atoms with Crippen molar-refractivity contribution in [3.05, 3.63) is 30.1 Å². The van der Waals surface area contributed by atoms with Gasteiger partial charge >= 0.3 is 0 Å². The Morgan fingerprint density at radius 2 is 2.24 bits per heavy atom. The maximum absolute atomic E-state index is 13.2. The van der Waals surface area contributed by atoms with E-state index in [9.17, 15) is 4.39 Å². The van der Waals surface area contributed by atoms with E-state index in [1.165, 1.54) is 6.07 Å². The van der Waals surface area contributed by atoms with Crippen molar-refractivity contribution in [2.24, 2.45) is 5.73 Å². The van der Waals surface area contributed by atoms with Gasteiger partial charge in [0.15, 0.2) is 0 Å². The molecular formula is C13H20FN3. The Bertz CT molecular complexity index is 369. The molecule has 0 aromatic heterocycles. The van der Waals surface area contributed by atoms with E-state index in [2.05, 4.69) is 16.8 Å². The zero-order chi connectivity index (χ0) is 12.3. The minimum atomic E-state index is -0.170. The number of nitrogens with two attached hydrogens (primary N) is 1. The van der Waals surface area contributed by atoms with Crippen LogP contribution in [0.15, 0.2) is 24.3 Å². The summed E-state index contributed by atoms with van der Waals surface area (Å²) < 4.78 is 13.2. The van der Waals surface area contributed by atoms with Crippen molar-refractivity contribution < 1.29 is 4.39 Å². The van der Waals surface area contributed by atoms with Gasteiger partial charge in [-0.1, -0.05) is 6.07 Å². The highest BCUT2D eigenvalue weighted by Crippen LogP contribution is 2.20. The molecule has 1 atom stereocenters. The third-order valence-corrected chi connectivity index (χ3v) is 3.45. The third kappa shape index (κ3) is 2.96. The molecule has 1 heterocycles. The van der Waals surface area contributed by atoms with Crippen LogP contribution in [-0.4, -0.2) is 44.2 Å². The summed E-state index contributed by atoms with van der Waals surface area (Å²) >= 11 is 0. The van der Waals surface area contributed by atoms with E-state index in [1.807, 2.05) is 6.07 Å². The van der Waals surface area contributed by atoms with E-state index in [4.69, 9.17) is 5.73 Å². The van der Waals surface area contributed by atoms with Crippen LogP contribution in [-0.2, 0) is 0 Å². The van der Waals surface area contributed by atoms with Crippen LogP contribution >= 0.6 is 0 Å². The van der Waals surface area contributed by atoms with Gasteiger partial charge in [0.05, 0.1) is 0 Å². The van der Waals surface area contributed by atoms with Gasteiger partial charge in [-0.15, -0.1) is 0 Å². The number of anilines is 1. The van der Waals surface area contributed by atoms with E-state index in [0.29, 0.717) is 12.6 Å². The molecule has 0 radical (unpaired) electrons. The molecule has 1 fully saturated rings. The first-order chi connectivity index (χ1) is 8.20. The Labute approximate surface area is 102 Å². The molecule has 1 aromatic carbocycles. The monoisotopic (exact) mass is 237 g/mol. The van der Waals surface area contributed by atoms with E-state index in [0.717, 1.165) is 31.7 Å². The van der Waals surface area contributed by atoms with Crippen molar-refractivity contribution in [2.75, 3.05) is 38.1 Å². The SMILES string of the molecule is CN1CCN(c2cccc(F)c2)CC1CCN. The van der Waals surface area contributed by atoms with Gasteiger partial charge in [-0.3, -0.25) is 4.90 Å². The molecule has 0 amide bonds. The van der Waals surface area contributed by atoms with Crippen molar-refractivity contribution in [1.82, 2.24) is 4.90 Å². The lowest BCUT2D eigenvalue weighted by atomic mass is 10.1. The molecule has 1 unspecified atom stereocenters. The number of piperazine rings is 1. The average molecular weight is 237 g/mol. The Hall–Kier alpha value is -1.13. The molecule has 17 heavy (non-hydrogen) atoms. The molecule has 1 aliphatic heterocycles. The lowest BCUT2D eigenvalue weighted by Crippen LogP contribution is -2.52. The second kappa shape index (κ2) is 5.47. The van der Waals surface area contributed by atoms with Crippen LogP contribution in [0.1, 0.15) is 6.42 Å². The van der Waals surface area contributed by atoms with Gasteiger partial charge in [0.1, 0.15) is 5.82 Å². The van der Waals surface area contributed by atoms with Crippen molar-refractivity contribution in [3.8, 4) is 0 Å². The summed E-state index contributed by atoms with van der Waals surface area (Å²) in [6.07, 6.45) is 0.988. The molecule has 0 aliphatic carbocycles. The fourth-order valence-corrected chi connectivity index (χ4v) is 2.36. The molecule has 1 saturated heterocycles. The largest absolute Gasteiger partial charge is 0.369 e. The maximum Gasteiger partial charge on any atom is 0.125 e. The predicted molar refractivity (Wildman–Crippen MR) is 68.7 cm³/mol. The van der Waals surface area contributed by atoms with E-state index in [1.54, 1.807) is 12.1 Å².